The van der Waals surface area contributed by atoms with E-state index in [0.717, 1.165) is 25.7 Å². The second-order valence-corrected chi connectivity index (χ2v) is 5.04. The molecule has 2 saturated heterocycles. The summed E-state index contributed by atoms with van der Waals surface area (Å²) >= 11 is 0. The van der Waals surface area contributed by atoms with Crippen LogP contribution in [-0.4, -0.2) is 50.3 Å². The fourth-order valence-corrected chi connectivity index (χ4v) is 2.56. The highest BCUT2D eigenvalue weighted by atomic mass is 16.5. The van der Waals surface area contributed by atoms with Crippen LogP contribution >= 0.6 is 0 Å². The first-order valence-electron chi connectivity index (χ1n) is 6.38. The highest BCUT2D eigenvalue weighted by Gasteiger charge is 2.18. The molecule has 2 rings (SSSR count). The third-order valence-electron chi connectivity index (χ3n) is 3.59. The van der Waals surface area contributed by atoms with Gasteiger partial charge < -0.3 is 15.0 Å². The van der Waals surface area contributed by atoms with Crippen molar-refractivity contribution in [2.45, 2.75) is 32.2 Å². The molecule has 3 heteroatoms. The molecule has 0 bridgehead atoms. The predicted molar refractivity (Wildman–Crippen MR) is 62.1 cm³/mol. The van der Waals surface area contributed by atoms with Crippen molar-refractivity contribution in [3.63, 3.8) is 0 Å². The number of nitrogens with zero attached hydrogens (tertiary/aromatic N) is 1. The highest BCUT2D eigenvalue weighted by Crippen LogP contribution is 2.14. The van der Waals surface area contributed by atoms with E-state index >= 15 is 0 Å². The van der Waals surface area contributed by atoms with Crippen LogP contribution in [0, 0.1) is 5.92 Å². The molecule has 2 aliphatic rings. The number of hydrogen-bond donors (Lipinski definition) is 1. The van der Waals surface area contributed by atoms with Crippen molar-refractivity contribution < 1.29 is 4.74 Å². The van der Waals surface area contributed by atoms with Gasteiger partial charge in [0.15, 0.2) is 0 Å². The molecule has 0 aliphatic carbocycles. The predicted octanol–water partition coefficient (Wildman–Crippen LogP) is 1.10. The van der Waals surface area contributed by atoms with Crippen molar-refractivity contribution in [1.82, 2.24) is 10.2 Å². The zero-order valence-electron chi connectivity index (χ0n) is 9.87. The summed E-state index contributed by atoms with van der Waals surface area (Å²) in [5.41, 5.74) is 0. The SMILES string of the molecule is CC1CCN(CCNC2CCOCC2)C1. The Balaban J connectivity index is 1.54. The lowest BCUT2D eigenvalue weighted by Crippen LogP contribution is -2.39. The van der Waals surface area contributed by atoms with Crippen LogP contribution in [0.1, 0.15) is 26.2 Å². The van der Waals surface area contributed by atoms with Gasteiger partial charge in [-0.3, -0.25) is 0 Å². The molecule has 1 unspecified atom stereocenters. The maximum atomic E-state index is 5.34. The van der Waals surface area contributed by atoms with Crippen molar-refractivity contribution in [3.05, 3.63) is 0 Å². The first-order chi connectivity index (χ1) is 7.34. The Morgan fingerprint density at radius 3 is 2.73 bits per heavy atom. The molecule has 0 amide bonds. The quantitative estimate of drug-likeness (QED) is 0.755. The molecule has 2 fully saturated rings. The Morgan fingerprint density at radius 1 is 1.27 bits per heavy atom. The number of likely N-dealkylation sites (tertiary alicyclic amines) is 1. The summed E-state index contributed by atoms with van der Waals surface area (Å²) in [7, 11) is 0. The van der Waals surface area contributed by atoms with Gasteiger partial charge >= 0.3 is 0 Å². The van der Waals surface area contributed by atoms with Gasteiger partial charge in [-0.1, -0.05) is 6.92 Å². The van der Waals surface area contributed by atoms with E-state index in [4.69, 9.17) is 4.74 Å². The van der Waals surface area contributed by atoms with Crippen LogP contribution in [0.4, 0.5) is 0 Å². The minimum atomic E-state index is 0.707. The Bertz CT molecular complexity index is 176. The van der Waals surface area contributed by atoms with Crippen LogP contribution in [0.2, 0.25) is 0 Å². The number of nitrogens with one attached hydrogen (secondary N) is 1. The van der Waals surface area contributed by atoms with Crippen molar-refractivity contribution >= 4 is 0 Å². The topological polar surface area (TPSA) is 24.5 Å². The molecule has 0 aromatic heterocycles. The van der Waals surface area contributed by atoms with Gasteiger partial charge in [-0.05, 0) is 31.7 Å². The Morgan fingerprint density at radius 2 is 2.07 bits per heavy atom. The zero-order valence-corrected chi connectivity index (χ0v) is 9.87. The molecule has 0 aromatic rings. The third kappa shape index (κ3) is 3.74. The number of hydrogen-bond acceptors (Lipinski definition) is 3. The fourth-order valence-electron chi connectivity index (χ4n) is 2.56. The molecule has 1 atom stereocenters. The van der Waals surface area contributed by atoms with Crippen LogP contribution in [0.25, 0.3) is 0 Å². The Kier molecular flexibility index (Phi) is 4.42. The fraction of sp³-hybridized carbons (Fsp3) is 1.00. The minimum Gasteiger partial charge on any atom is -0.381 e. The van der Waals surface area contributed by atoms with Crippen LogP contribution < -0.4 is 5.32 Å². The lowest BCUT2D eigenvalue weighted by atomic mass is 10.1. The summed E-state index contributed by atoms with van der Waals surface area (Å²) in [5, 5.41) is 3.64. The lowest BCUT2D eigenvalue weighted by Gasteiger charge is -2.24. The van der Waals surface area contributed by atoms with E-state index in [-0.39, 0.29) is 0 Å². The maximum absolute atomic E-state index is 5.34. The molecule has 1 N–H and O–H groups in total. The van der Waals surface area contributed by atoms with Crippen molar-refractivity contribution in [2.24, 2.45) is 5.92 Å². The van der Waals surface area contributed by atoms with Crippen molar-refractivity contribution in [1.29, 1.82) is 0 Å². The summed E-state index contributed by atoms with van der Waals surface area (Å²) in [6.07, 6.45) is 3.77. The van der Waals surface area contributed by atoms with E-state index in [9.17, 15) is 0 Å². The van der Waals surface area contributed by atoms with Gasteiger partial charge in [0.05, 0.1) is 0 Å². The summed E-state index contributed by atoms with van der Waals surface area (Å²) in [6.45, 7) is 9.22. The number of rotatable bonds is 4. The van der Waals surface area contributed by atoms with Crippen LogP contribution in [0.3, 0.4) is 0 Å². The Hall–Kier alpha value is -0.120. The van der Waals surface area contributed by atoms with Crippen molar-refractivity contribution in [2.75, 3.05) is 39.4 Å². The average molecular weight is 212 g/mol. The van der Waals surface area contributed by atoms with Gasteiger partial charge in [-0.15, -0.1) is 0 Å². The van der Waals surface area contributed by atoms with Crippen LogP contribution in [-0.2, 0) is 4.74 Å². The van der Waals surface area contributed by atoms with E-state index in [1.807, 2.05) is 0 Å². The normalized spacial score (nSPS) is 29.8. The molecule has 2 aliphatic heterocycles. The molecular weight excluding hydrogens is 188 g/mol. The van der Waals surface area contributed by atoms with Gasteiger partial charge in [-0.25, -0.2) is 0 Å². The van der Waals surface area contributed by atoms with Crippen LogP contribution in [0.5, 0.6) is 0 Å². The summed E-state index contributed by atoms with van der Waals surface area (Å²) in [5.74, 6) is 0.910. The number of ether oxygens (including phenoxy) is 1. The molecule has 3 nitrogen and oxygen atoms in total. The van der Waals surface area contributed by atoms with Gasteiger partial charge in [-0.2, -0.15) is 0 Å². The molecule has 88 valence electrons. The van der Waals surface area contributed by atoms with Gasteiger partial charge in [0.1, 0.15) is 0 Å². The lowest BCUT2D eigenvalue weighted by molar-refractivity contribution is 0.0774. The average Bonchev–Trinajstić information content (AvgIpc) is 2.66. The highest BCUT2D eigenvalue weighted by molar-refractivity contribution is 4.75. The van der Waals surface area contributed by atoms with Gasteiger partial charge in [0.25, 0.3) is 0 Å². The molecule has 2 heterocycles. The zero-order chi connectivity index (χ0) is 10.5. The van der Waals surface area contributed by atoms with E-state index in [0.29, 0.717) is 6.04 Å². The first kappa shape index (κ1) is 11.4. The standard InChI is InChI=1S/C12H24N2O/c1-11-2-6-14(10-11)7-5-13-12-3-8-15-9-4-12/h11-13H,2-10H2,1H3. The molecular formula is C12H24N2O. The van der Waals surface area contributed by atoms with E-state index < -0.39 is 0 Å². The van der Waals surface area contributed by atoms with Crippen LogP contribution in [0.15, 0.2) is 0 Å². The molecule has 0 radical (unpaired) electrons. The second-order valence-electron chi connectivity index (χ2n) is 5.04. The summed E-state index contributed by atoms with van der Waals surface area (Å²) in [4.78, 5) is 2.58. The molecule has 0 aromatic carbocycles. The van der Waals surface area contributed by atoms with Gasteiger partial charge in [0.2, 0.25) is 0 Å². The van der Waals surface area contributed by atoms with E-state index in [1.165, 1.54) is 38.9 Å². The summed E-state index contributed by atoms with van der Waals surface area (Å²) < 4.78 is 5.34. The maximum Gasteiger partial charge on any atom is 0.0480 e. The second kappa shape index (κ2) is 5.83. The van der Waals surface area contributed by atoms with E-state index in [1.54, 1.807) is 0 Å². The smallest absolute Gasteiger partial charge is 0.0480 e. The summed E-state index contributed by atoms with van der Waals surface area (Å²) in [6, 6.07) is 0.707. The Labute approximate surface area is 93.2 Å². The monoisotopic (exact) mass is 212 g/mol. The molecule has 0 saturated carbocycles. The van der Waals surface area contributed by atoms with E-state index in [2.05, 4.69) is 17.1 Å². The van der Waals surface area contributed by atoms with Crippen molar-refractivity contribution in [3.8, 4) is 0 Å². The van der Waals surface area contributed by atoms with Gasteiger partial charge in [0, 0.05) is 38.9 Å². The third-order valence-corrected chi connectivity index (χ3v) is 3.59. The molecule has 0 spiro atoms. The largest absolute Gasteiger partial charge is 0.381 e. The molecule has 15 heavy (non-hydrogen) atoms. The minimum absolute atomic E-state index is 0.707. The first-order valence-corrected chi connectivity index (χ1v) is 6.38.